The lowest BCUT2D eigenvalue weighted by molar-refractivity contribution is 0.199. The standard InChI is InChI=1S/C12H16N6O/c1-2-4-12(5-6-13-8(12)3-1)11-16-10(18-19-11)9-14-7-15-17-9/h7-8,13H,1-6H2,(H,14,15,17)/t8-,12+/m0/s1. The average molecular weight is 260 g/mol. The van der Waals surface area contributed by atoms with E-state index in [0.29, 0.717) is 17.7 Å². The molecule has 0 spiro atoms. The van der Waals surface area contributed by atoms with Gasteiger partial charge in [0.2, 0.25) is 11.7 Å². The normalized spacial score (nSPS) is 30.4. The van der Waals surface area contributed by atoms with Gasteiger partial charge < -0.3 is 9.84 Å². The molecule has 2 aliphatic rings. The van der Waals surface area contributed by atoms with Crippen LogP contribution >= 0.6 is 0 Å². The van der Waals surface area contributed by atoms with Gasteiger partial charge in [-0.05, 0) is 25.8 Å². The van der Waals surface area contributed by atoms with Crippen molar-refractivity contribution in [1.29, 1.82) is 0 Å². The Kier molecular flexibility index (Phi) is 2.41. The summed E-state index contributed by atoms with van der Waals surface area (Å²) in [6.45, 7) is 1.03. The molecule has 2 aromatic heterocycles. The highest BCUT2D eigenvalue weighted by Crippen LogP contribution is 2.44. The number of hydrogen-bond donors (Lipinski definition) is 2. The smallest absolute Gasteiger partial charge is 0.239 e. The second-order valence-corrected chi connectivity index (χ2v) is 5.42. The SMILES string of the molecule is c1n[nH]c(-c2noc([C@@]34CCCC[C@@H]3NCC4)n2)n1. The summed E-state index contributed by atoms with van der Waals surface area (Å²) in [6.07, 6.45) is 7.36. The number of fused-ring (bicyclic) bond motifs is 1. The fraction of sp³-hybridized carbons (Fsp3) is 0.667. The van der Waals surface area contributed by atoms with Crippen LogP contribution in [0.3, 0.4) is 0 Å². The molecule has 0 bridgehead atoms. The fourth-order valence-corrected chi connectivity index (χ4v) is 3.50. The summed E-state index contributed by atoms with van der Waals surface area (Å²) in [5.74, 6) is 1.82. The number of rotatable bonds is 2. The molecule has 0 amide bonds. The summed E-state index contributed by atoms with van der Waals surface area (Å²) in [5.41, 5.74) is 0.0313. The van der Waals surface area contributed by atoms with Gasteiger partial charge >= 0.3 is 0 Å². The van der Waals surface area contributed by atoms with E-state index < -0.39 is 0 Å². The van der Waals surface area contributed by atoms with Gasteiger partial charge in [-0.2, -0.15) is 10.1 Å². The number of nitrogens with one attached hydrogen (secondary N) is 2. The van der Waals surface area contributed by atoms with Crippen molar-refractivity contribution in [3.05, 3.63) is 12.2 Å². The molecule has 2 aromatic rings. The molecule has 2 N–H and O–H groups in total. The Labute approximate surface area is 110 Å². The summed E-state index contributed by atoms with van der Waals surface area (Å²) >= 11 is 0. The monoisotopic (exact) mass is 260 g/mol. The van der Waals surface area contributed by atoms with Crippen LogP contribution < -0.4 is 5.32 Å². The Morgan fingerprint density at radius 3 is 3.21 bits per heavy atom. The lowest BCUT2D eigenvalue weighted by Gasteiger charge is -2.35. The second-order valence-electron chi connectivity index (χ2n) is 5.42. The first kappa shape index (κ1) is 11.1. The van der Waals surface area contributed by atoms with Gasteiger partial charge in [0.25, 0.3) is 0 Å². The molecule has 0 aromatic carbocycles. The van der Waals surface area contributed by atoms with Gasteiger partial charge in [0.05, 0.1) is 5.41 Å². The van der Waals surface area contributed by atoms with Gasteiger partial charge in [0.1, 0.15) is 6.33 Å². The summed E-state index contributed by atoms with van der Waals surface area (Å²) in [6, 6.07) is 0.476. The minimum absolute atomic E-state index is 0.0313. The Morgan fingerprint density at radius 2 is 2.32 bits per heavy atom. The predicted molar refractivity (Wildman–Crippen MR) is 66.2 cm³/mol. The third-order valence-electron chi connectivity index (χ3n) is 4.47. The quantitative estimate of drug-likeness (QED) is 0.837. The van der Waals surface area contributed by atoms with Gasteiger partial charge in [-0.3, -0.25) is 5.10 Å². The highest BCUT2D eigenvalue weighted by molar-refractivity contribution is 5.40. The lowest BCUT2D eigenvalue weighted by atomic mass is 9.70. The van der Waals surface area contributed by atoms with E-state index >= 15 is 0 Å². The number of aromatic amines is 1. The zero-order chi connectivity index (χ0) is 12.7. The molecular formula is C12H16N6O. The van der Waals surface area contributed by atoms with Crippen molar-refractivity contribution in [1.82, 2.24) is 30.6 Å². The van der Waals surface area contributed by atoms with Crippen LogP contribution in [0.25, 0.3) is 11.6 Å². The first-order chi connectivity index (χ1) is 9.38. The topological polar surface area (TPSA) is 92.5 Å². The van der Waals surface area contributed by atoms with Crippen LogP contribution in [0, 0.1) is 0 Å². The predicted octanol–water partition coefficient (Wildman–Crippen LogP) is 1.03. The highest BCUT2D eigenvalue weighted by Gasteiger charge is 2.49. The van der Waals surface area contributed by atoms with E-state index in [4.69, 9.17) is 4.52 Å². The van der Waals surface area contributed by atoms with E-state index in [0.717, 1.165) is 25.3 Å². The Hall–Kier alpha value is -1.76. The maximum absolute atomic E-state index is 5.54. The van der Waals surface area contributed by atoms with Crippen molar-refractivity contribution in [2.45, 2.75) is 43.6 Å². The maximum atomic E-state index is 5.54. The zero-order valence-electron chi connectivity index (χ0n) is 10.6. The minimum atomic E-state index is 0.0313. The third-order valence-corrected chi connectivity index (χ3v) is 4.47. The maximum Gasteiger partial charge on any atom is 0.239 e. The van der Waals surface area contributed by atoms with Crippen molar-refractivity contribution < 1.29 is 4.52 Å². The van der Waals surface area contributed by atoms with Gasteiger partial charge in [-0.25, -0.2) is 4.98 Å². The summed E-state index contributed by atoms with van der Waals surface area (Å²) in [5, 5.41) is 14.2. The zero-order valence-corrected chi connectivity index (χ0v) is 10.6. The van der Waals surface area contributed by atoms with Crippen molar-refractivity contribution >= 4 is 0 Å². The Bertz CT molecular complexity index is 565. The van der Waals surface area contributed by atoms with Crippen LogP contribution in [0.15, 0.2) is 10.9 Å². The molecule has 4 rings (SSSR count). The molecule has 1 saturated heterocycles. The van der Waals surface area contributed by atoms with E-state index in [-0.39, 0.29) is 5.41 Å². The van der Waals surface area contributed by atoms with Gasteiger partial charge in [0, 0.05) is 6.04 Å². The first-order valence-corrected chi connectivity index (χ1v) is 6.82. The van der Waals surface area contributed by atoms with Crippen LogP contribution in [0.5, 0.6) is 0 Å². The van der Waals surface area contributed by atoms with Crippen LogP contribution in [0.2, 0.25) is 0 Å². The molecule has 0 unspecified atom stereocenters. The molecule has 2 atom stereocenters. The van der Waals surface area contributed by atoms with E-state index in [9.17, 15) is 0 Å². The summed E-state index contributed by atoms with van der Waals surface area (Å²) < 4.78 is 5.54. The molecule has 100 valence electrons. The second kappa shape index (κ2) is 4.12. The van der Waals surface area contributed by atoms with E-state index in [1.807, 2.05) is 0 Å². The molecule has 2 fully saturated rings. The molecule has 3 heterocycles. The largest absolute Gasteiger partial charge is 0.338 e. The van der Waals surface area contributed by atoms with Crippen molar-refractivity contribution in [2.75, 3.05) is 6.54 Å². The number of nitrogens with zero attached hydrogens (tertiary/aromatic N) is 4. The van der Waals surface area contributed by atoms with E-state index in [1.54, 1.807) is 0 Å². The van der Waals surface area contributed by atoms with E-state index in [2.05, 4.69) is 30.6 Å². The van der Waals surface area contributed by atoms with Crippen molar-refractivity contribution in [2.24, 2.45) is 0 Å². The molecule has 7 heteroatoms. The number of aromatic nitrogens is 5. The molecule has 0 radical (unpaired) electrons. The van der Waals surface area contributed by atoms with Crippen LogP contribution in [0.4, 0.5) is 0 Å². The molecule has 1 saturated carbocycles. The van der Waals surface area contributed by atoms with E-state index in [1.165, 1.54) is 25.6 Å². The molecule has 1 aliphatic carbocycles. The molecule has 7 nitrogen and oxygen atoms in total. The number of hydrogen-bond acceptors (Lipinski definition) is 6. The Balaban J connectivity index is 1.72. The third kappa shape index (κ3) is 1.61. The Morgan fingerprint density at radius 1 is 1.32 bits per heavy atom. The van der Waals surface area contributed by atoms with Crippen LogP contribution in [-0.2, 0) is 5.41 Å². The molecule has 19 heavy (non-hydrogen) atoms. The average Bonchev–Trinajstić information content (AvgIpc) is 3.18. The molecule has 1 aliphatic heterocycles. The van der Waals surface area contributed by atoms with Gasteiger partial charge in [-0.1, -0.05) is 18.0 Å². The fourth-order valence-electron chi connectivity index (χ4n) is 3.50. The highest BCUT2D eigenvalue weighted by atomic mass is 16.5. The van der Waals surface area contributed by atoms with Crippen LogP contribution in [-0.4, -0.2) is 37.9 Å². The summed E-state index contributed by atoms with van der Waals surface area (Å²) in [4.78, 5) is 8.62. The van der Waals surface area contributed by atoms with Crippen LogP contribution in [0.1, 0.15) is 38.0 Å². The first-order valence-electron chi connectivity index (χ1n) is 6.82. The summed E-state index contributed by atoms with van der Waals surface area (Å²) in [7, 11) is 0. The van der Waals surface area contributed by atoms with Crippen molar-refractivity contribution in [3.8, 4) is 11.6 Å². The van der Waals surface area contributed by atoms with Crippen molar-refractivity contribution in [3.63, 3.8) is 0 Å². The van der Waals surface area contributed by atoms with Gasteiger partial charge in [-0.15, -0.1) is 0 Å². The molecular weight excluding hydrogens is 244 g/mol. The number of H-pyrrole nitrogens is 1. The minimum Gasteiger partial charge on any atom is -0.338 e. The van der Waals surface area contributed by atoms with Gasteiger partial charge in [0.15, 0.2) is 5.82 Å². The lowest BCUT2D eigenvalue weighted by Crippen LogP contribution is -2.43.